The van der Waals surface area contributed by atoms with E-state index in [1.807, 2.05) is 39.8 Å². The molecule has 0 radical (unpaired) electrons. The Balaban J connectivity index is 1.62. The van der Waals surface area contributed by atoms with E-state index in [2.05, 4.69) is 47.1 Å². The van der Waals surface area contributed by atoms with Crippen LogP contribution in [0.5, 0.6) is 11.5 Å². The summed E-state index contributed by atoms with van der Waals surface area (Å²) in [5.74, 6) is 0.0578. The smallest absolute Gasteiger partial charge is 0.264 e. The fraction of sp³-hybridized carbons (Fsp3) is 0.273. The largest absolute Gasteiger partial charge is 0.493 e. The summed E-state index contributed by atoms with van der Waals surface area (Å²) in [6.45, 7) is 11.4. The molecule has 0 aliphatic heterocycles. The lowest BCUT2D eigenvalue weighted by Crippen LogP contribution is -2.39. The zero-order valence-electron chi connectivity index (χ0n) is 25.8. The Morgan fingerprint density at radius 3 is 2.16 bits per heavy atom. The first-order chi connectivity index (χ1) is 20.3. The molecule has 10 heteroatoms. The maximum atomic E-state index is 13.9. The monoisotopic (exact) mass is 602 g/mol. The highest BCUT2D eigenvalue weighted by atomic mass is 32.2. The summed E-state index contributed by atoms with van der Waals surface area (Å²) in [4.78, 5) is 13.1. The standard InChI is InChI=1S/C33H38N4O5S/c1-21-9-11-30(24(4)14-21)37-25(5)17-27(26(37)6)19-34-35-33(38)20-36(28-15-22(2)13-23(3)16-28)43(39,40)29-10-12-31(41-7)32(18-29)42-8/h9-19H,20H2,1-8H3,(H,35,38)/b34-19-. The molecular weight excluding hydrogens is 564 g/mol. The van der Waals surface area contributed by atoms with Crippen molar-refractivity contribution in [3.05, 3.63) is 99.9 Å². The number of amides is 1. The van der Waals surface area contributed by atoms with Crippen molar-refractivity contribution in [1.29, 1.82) is 0 Å². The SMILES string of the molecule is COc1ccc(S(=O)(=O)N(CC(=O)N/N=C\c2cc(C)n(-c3ccc(C)cc3C)c2C)c2cc(C)cc(C)c2)cc1OC. The molecule has 0 bridgehead atoms. The third kappa shape index (κ3) is 6.75. The van der Waals surface area contributed by atoms with E-state index in [9.17, 15) is 13.2 Å². The molecule has 0 saturated carbocycles. The first-order valence-corrected chi connectivity index (χ1v) is 15.2. The van der Waals surface area contributed by atoms with Crippen LogP contribution in [0.2, 0.25) is 0 Å². The molecule has 1 heterocycles. The van der Waals surface area contributed by atoms with Gasteiger partial charge in [-0.3, -0.25) is 9.10 Å². The molecule has 0 fully saturated rings. The predicted octanol–water partition coefficient (Wildman–Crippen LogP) is 5.69. The predicted molar refractivity (Wildman–Crippen MR) is 170 cm³/mol. The second-order valence-electron chi connectivity index (χ2n) is 10.6. The van der Waals surface area contributed by atoms with Crippen LogP contribution in [0.4, 0.5) is 5.69 Å². The van der Waals surface area contributed by atoms with Gasteiger partial charge in [0.05, 0.1) is 31.0 Å². The molecule has 0 aliphatic carbocycles. The Morgan fingerprint density at radius 1 is 0.860 bits per heavy atom. The van der Waals surface area contributed by atoms with Crippen LogP contribution < -0.4 is 19.2 Å². The van der Waals surface area contributed by atoms with Crippen molar-refractivity contribution in [1.82, 2.24) is 9.99 Å². The number of aromatic nitrogens is 1. The summed E-state index contributed by atoms with van der Waals surface area (Å²) in [7, 11) is -1.28. The minimum absolute atomic E-state index is 0.0422. The van der Waals surface area contributed by atoms with E-state index < -0.39 is 22.5 Å². The normalized spacial score (nSPS) is 11.5. The van der Waals surface area contributed by atoms with Crippen LogP contribution in [0.1, 0.15) is 39.2 Å². The van der Waals surface area contributed by atoms with E-state index in [1.165, 1.54) is 38.0 Å². The molecule has 1 aromatic heterocycles. The van der Waals surface area contributed by atoms with Crippen LogP contribution in [0.3, 0.4) is 0 Å². The number of aryl methyl sites for hydroxylation is 5. The molecule has 3 aromatic carbocycles. The maximum Gasteiger partial charge on any atom is 0.264 e. The number of hydrogen-bond acceptors (Lipinski definition) is 6. The average Bonchev–Trinajstić information content (AvgIpc) is 3.22. The number of nitrogens with zero attached hydrogens (tertiary/aromatic N) is 3. The van der Waals surface area contributed by atoms with Gasteiger partial charge in [-0.05, 0) is 94.6 Å². The van der Waals surface area contributed by atoms with Crippen LogP contribution in [-0.4, -0.2) is 45.9 Å². The maximum absolute atomic E-state index is 13.9. The number of benzene rings is 3. The Hall–Kier alpha value is -4.57. The van der Waals surface area contributed by atoms with E-state index in [1.54, 1.807) is 18.3 Å². The lowest BCUT2D eigenvalue weighted by molar-refractivity contribution is -0.119. The van der Waals surface area contributed by atoms with Crippen molar-refractivity contribution in [2.75, 3.05) is 25.1 Å². The van der Waals surface area contributed by atoms with E-state index in [0.29, 0.717) is 11.4 Å². The van der Waals surface area contributed by atoms with Gasteiger partial charge < -0.3 is 14.0 Å². The van der Waals surface area contributed by atoms with Gasteiger partial charge in [-0.25, -0.2) is 13.8 Å². The highest BCUT2D eigenvalue weighted by Crippen LogP contribution is 2.32. The Kier molecular flexibility index (Phi) is 9.30. The van der Waals surface area contributed by atoms with E-state index in [0.717, 1.165) is 43.6 Å². The molecule has 9 nitrogen and oxygen atoms in total. The second-order valence-corrected chi connectivity index (χ2v) is 12.5. The van der Waals surface area contributed by atoms with Crippen LogP contribution in [0, 0.1) is 41.5 Å². The number of carbonyl (C=O) groups excluding carboxylic acids is 1. The Bertz CT molecular complexity index is 1790. The Labute approximate surface area is 253 Å². The Morgan fingerprint density at radius 2 is 1.53 bits per heavy atom. The number of methoxy groups -OCH3 is 2. The molecule has 4 rings (SSSR count). The lowest BCUT2D eigenvalue weighted by atomic mass is 10.1. The molecule has 43 heavy (non-hydrogen) atoms. The third-order valence-corrected chi connectivity index (χ3v) is 8.95. The summed E-state index contributed by atoms with van der Waals surface area (Å²) < 4.78 is 41.7. The summed E-state index contributed by atoms with van der Waals surface area (Å²) in [6.07, 6.45) is 1.57. The molecular formula is C33H38N4O5S. The molecule has 0 spiro atoms. The number of hydrazone groups is 1. The van der Waals surface area contributed by atoms with Crippen molar-refractivity contribution >= 4 is 27.8 Å². The summed E-state index contributed by atoms with van der Waals surface area (Å²) >= 11 is 0. The van der Waals surface area contributed by atoms with E-state index in [-0.39, 0.29) is 10.6 Å². The molecule has 0 atom stereocenters. The number of rotatable bonds is 10. The van der Waals surface area contributed by atoms with Crippen molar-refractivity contribution < 1.29 is 22.7 Å². The number of sulfonamides is 1. The molecule has 4 aromatic rings. The van der Waals surface area contributed by atoms with Gasteiger partial charge >= 0.3 is 0 Å². The molecule has 226 valence electrons. The quantitative estimate of drug-likeness (QED) is 0.186. The topological polar surface area (TPSA) is 102 Å². The van der Waals surface area contributed by atoms with Gasteiger partial charge in [0.25, 0.3) is 15.9 Å². The number of carbonyl (C=O) groups is 1. The molecule has 0 unspecified atom stereocenters. The van der Waals surface area contributed by atoms with Gasteiger partial charge in [-0.1, -0.05) is 23.8 Å². The fourth-order valence-electron chi connectivity index (χ4n) is 5.20. The van der Waals surface area contributed by atoms with Gasteiger partial charge in [-0.2, -0.15) is 5.10 Å². The fourth-order valence-corrected chi connectivity index (χ4v) is 6.62. The van der Waals surface area contributed by atoms with Crippen LogP contribution >= 0.6 is 0 Å². The minimum Gasteiger partial charge on any atom is -0.493 e. The number of ether oxygens (including phenoxy) is 2. The van der Waals surface area contributed by atoms with Gasteiger partial charge in [0.2, 0.25) is 0 Å². The highest BCUT2D eigenvalue weighted by Gasteiger charge is 2.29. The first kappa shape index (κ1) is 31.4. The summed E-state index contributed by atoms with van der Waals surface area (Å²) in [5.41, 5.74) is 10.8. The molecule has 1 amide bonds. The molecule has 1 N–H and O–H groups in total. The van der Waals surface area contributed by atoms with Crippen LogP contribution in [0.15, 0.2) is 70.7 Å². The van der Waals surface area contributed by atoms with Crippen molar-refractivity contribution in [3.63, 3.8) is 0 Å². The third-order valence-electron chi connectivity index (χ3n) is 7.18. The van der Waals surface area contributed by atoms with Crippen molar-refractivity contribution in [2.45, 2.75) is 46.4 Å². The zero-order valence-corrected chi connectivity index (χ0v) is 26.7. The number of anilines is 1. The average molecular weight is 603 g/mol. The highest BCUT2D eigenvalue weighted by molar-refractivity contribution is 7.92. The molecule has 0 aliphatic rings. The van der Waals surface area contributed by atoms with Crippen molar-refractivity contribution in [3.8, 4) is 17.2 Å². The number of nitrogens with one attached hydrogen (secondary N) is 1. The summed E-state index contributed by atoms with van der Waals surface area (Å²) in [5, 5.41) is 4.18. The van der Waals surface area contributed by atoms with E-state index in [4.69, 9.17) is 9.47 Å². The van der Waals surface area contributed by atoms with Gasteiger partial charge in [0.15, 0.2) is 11.5 Å². The van der Waals surface area contributed by atoms with Gasteiger partial charge in [-0.15, -0.1) is 0 Å². The van der Waals surface area contributed by atoms with Crippen LogP contribution in [-0.2, 0) is 14.8 Å². The minimum atomic E-state index is -4.18. The zero-order chi connectivity index (χ0) is 31.5. The number of hydrogen-bond donors (Lipinski definition) is 1. The van der Waals surface area contributed by atoms with Gasteiger partial charge in [0, 0.05) is 28.7 Å². The second kappa shape index (κ2) is 12.7. The molecule has 0 saturated heterocycles. The summed E-state index contributed by atoms with van der Waals surface area (Å²) in [6, 6.07) is 18.0. The van der Waals surface area contributed by atoms with Crippen molar-refractivity contribution in [2.24, 2.45) is 5.10 Å². The van der Waals surface area contributed by atoms with E-state index >= 15 is 0 Å². The lowest BCUT2D eigenvalue weighted by Gasteiger charge is -2.25. The first-order valence-electron chi connectivity index (χ1n) is 13.8. The van der Waals surface area contributed by atoms with Gasteiger partial charge in [0.1, 0.15) is 6.54 Å². The van der Waals surface area contributed by atoms with Crippen LogP contribution in [0.25, 0.3) is 5.69 Å².